The van der Waals surface area contributed by atoms with Gasteiger partial charge in [-0.15, -0.1) is 0 Å². The zero-order valence-electron chi connectivity index (χ0n) is 11.7. The fourth-order valence-electron chi connectivity index (χ4n) is 1.67. The minimum Gasteiger partial charge on any atom is -0.299 e. The summed E-state index contributed by atoms with van der Waals surface area (Å²) in [6.45, 7) is 8.16. The lowest BCUT2D eigenvalue weighted by molar-refractivity contribution is -0.121. The van der Waals surface area contributed by atoms with Crippen molar-refractivity contribution >= 4 is 5.78 Å². The molecule has 1 nitrogen and oxygen atoms in total. The molecule has 1 aromatic carbocycles. The van der Waals surface area contributed by atoms with Gasteiger partial charge in [0.2, 0.25) is 0 Å². The number of Topliss-reactive ketones (excluding diaryl/α,β-unsaturated/α-hetero) is 1. The van der Waals surface area contributed by atoms with E-state index in [1.165, 1.54) is 5.56 Å². The smallest absolute Gasteiger partial charge is 0.139 e. The van der Waals surface area contributed by atoms with Gasteiger partial charge in [0.15, 0.2) is 0 Å². The zero-order chi connectivity index (χ0) is 13.0. The Hall–Kier alpha value is -1.11. The molecule has 0 N–H and O–H groups in total. The fraction of sp³-hybridized carbons (Fsp3) is 0.533. The number of carbonyl (C=O) groups is 1. The highest BCUT2D eigenvalue weighted by molar-refractivity contribution is 5.82. The van der Waals surface area contributed by atoms with Crippen molar-refractivity contribution in [3.63, 3.8) is 0 Å². The number of rotatable bonds is 5. The Balaban J connectivity index is 2.85. The van der Waals surface area contributed by atoms with Gasteiger partial charge in [0.05, 0.1) is 1.37 Å². The number of carbonyl (C=O) groups excluding carboxylic acids is 1. The van der Waals surface area contributed by atoms with Gasteiger partial charge in [-0.05, 0) is 23.5 Å². The standard InChI is InChI=1S/C15H22O/c1-11(2)8-13-6-5-7-14(9-13)10-15(16)12(3)4/h5-7,9,11-12H,8,10H2,1-4H3/i5D. The van der Waals surface area contributed by atoms with Gasteiger partial charge in [-0.2, -0.15) is 0 Å². The third-order valence-electron chi connectivity index (χ3n) is 2.57. The lowest BCUT2D eigenvalue weighted by atomic mass is 9.97. The predicted octanol–water partition coefficient (Wildman–Crippen LogP) is 3.65. The fourth-order valence-corrected chi connectivity index (χ4v) is 1.67. The SMILES string of the molecule is [2H]c1cc(CC(=O)C(C)C)cc(CC(C)C)c1. The minimum absolute atomic E-state index is 0.0675. The molecule has 0 radical (unpaired) electrons. The van der Waals surface area contributed by atoms with Gasteiger partial charge in [0.25, 0.3) is 0 Å². The second-order valence-electron chi connectivity index (χ2n) is 5.15. The normalized spacial score (nSPS) is 12.0. The van der Waals surface area contributed by atoms with Gasteiger partial charge in [-0.3, -0.25) is 4.79 Å². The van der Waals surface area contributed by atoms with Crippen molar-refractivity contribution in [2.45, 2.75) is 40.5 Å². The topological polar surface area (TPSA) is 17.1 Å². The van der Waals surface area contributed by atoms with Crippen molar-refractivity contribution in [2.24, 2.45) is 11.8 Å². The summed E-state index contributed by atoms with van der Waals surface area (Å²) in [7, 11) is 0. The first-order chi connectivity index (χ1) is 7.88. The highest BCUT2D eigenvalue weighted by atomic mass is 16.1. The molecule has 0 heterocycles. The Morgan fingerprint density at radius 3 is 2.44 bits per heavy atom. The van der Waals surface area contributed by atoms with Crippen LogP contribution in [0.2, 0.25) is 0 Å². The summed E-state index contributed by atoms with van der Waals surface area (Å²) in [5.41, 5.74) is 2.14. The molecular formula is C15H22O. The summed E-state index contributed by atoms with van der Waals surface area (Å²) in [6, 6.07) is 6.26. The first-order valence-electron chi connectivity index (χ1n) is 6.50. The van der Waals surface area contributed by atoms with E-state index >= 15 is 0 Å². The van der Waals surface area contributed by atoms with E-state index in [1.807, 2.05) is 19.9 Å². The van der Waals surface area contributed by atoms with Crippen LogP contribution in [0.25, 0.3) is 0 Å². The Morgan fingerprint density at radius 2 is 1.88 bits per heavy atom. The van der Waals surface area contributed by atoms with Crippen molar-refractivity contribution in [2.75, 3.05) is 0 Å². The largest absolute Gasteiger partial charge is 0.299 e. The van der Waals surface area contributed by atoms with Crippen molar-refractivity contribution in [1.29, 1.82) is 0 Å². The van der Waals surface area contributed by atoms with Crippen LogP contribution in [-0.4, -0.2) is 5.78 Å². The Kier molecular flexibility index (Phi) is 4.15. The second-order valence-corrected chi connectivity index (χ2v) is 5.15. The lowest BCUT2D eigenvalue weighted by Crippen LogP contribution is -2.10. The molecule has 0 saturated heterocycles. The molecule has 0 aromatic heterocycles. The molecule has 0 unspecified atom stereocenters. The van der Waals surface area contributed by atoms with Crippen molar-refractivity contribution in [3.05, 3.63) is 35.4 Å². The number of ketones is 1. The van der Waals surface area contributed by atoms with Crippen molar-refractivity contribution in [1.82, 2.24) is 0 Å². The van der Waals surface area contributed by atoms with Gasteiger partial charge in [0, 0.05) is 12.3 Å². The van der Waals surface area contributed by atoms with Crippen LogP contribution in [0.4, 0.5) is 0 Å². The summed E-state index contributed by atoms with van der Waals surface area (Å²) >= 11 is 0. The summed E-state index contributed by atoms with van der Waals surface area (Å²) in [5, 5.41) is 0. The molecule has 1 heteroatoms. The molecule has 0 aliphatic heterocycles. The average Bonchev–Trinajstić information content (AvgIpc) is 2.14. The van der Waals surface area contributed by atoms with Crippen LogP contribution in [0.15, 0.2) is 24.2 Å². The van der Waals surface area contributed by atoms with E-state index in [2.05, 4.69) is 19.9 Å². The zero-order valence-corrected chi connectivity index (χ0v) is 10.7. The molecule has 0 spiro atoms. The van der Waals surface area contributed by atoms with Crippen LogP contribution in [0.1, 0.15) is 40.2 Å². The Labute approximate surface area is 100 Å². The second kappa shape index (κ2) is 5.83. The Morgan fingerprint density at radius 1 is 1.25 bits per heavy atom. The highest BCUT2D eigenvalue weighted by Crippen LogP contribution is 2.12. The van der Waals surface area contributed by atoms with Crippen LogP contribution in [0.5, 0.6) is 0 Å². The van der Waals surface area contributed by atoms with Crippen LogP contribution >= 0.6 is 0 Å². The predicted molar refractivity (Wildman–Crippen MR) is 68.5 cm³/mol. The highest BCUT2D eigenvalue weighted by Gasteiger charge is 2.08. The number of benzene rings is 1. The van der Waals surface area contributed by atoms with Gasteiger partial charge >= 0.3 is 0 Å². The van der Waals surface area contributed by atoms with Gasteiger partial charge in [0.1, 0.15) is 5.78 Å². The molecule has 0 saturated carbocycles. The summed E-state index contributed by atoms with van der Waals surface area (Å²) < 4.78 is 7.76. The molecule has 88 valence electrons. The lowest BCUT2D eigenvalue weighted by Gasteiger charge is -2.08. The summed E-state index contributed by atoms with van der Waals surface area (Å²) in [6.07, 6.45) is 1.42. The summed E-state index contributed by atoms with van der Waals surface area (Å²) in [4.78, 5) is 11.7. The molecule has 1 aromatic rings. The quantitative estimate of drug-likeness (QED) is 0.738. The maximum absolute atomic E-state index is 11.7. The molecule has 0 bridgehead atoms. The first-order valence-corrected chi connectivity index (χ1v) is 6.00. The molecule has 0 amide bonds. The molecule has 0 aliphatic carbocycles. The van der Waals surface area contributed by atoms with E-state index in [1.54, 1.807) is 6.07 Å². The number of hydrogen-bond acceptors (Lipinski definition) is 1. The first kappa shape index (κ1) is 11.4. The van der Waals surface area contributed by atoms with E-state index in [-0.39, 0.29) is 11.7 Å². The minimum atomic E-state index is 0.0675. The number of hydrogen-bond donors (Lipinski definition) is 0. The molecule has 16 heavy (non-hydrogen) atoms. The van der Waals surface area contributed by atoms with Crippen molar-refractivity contribution in [3.8, 4) is 0 Å². The summed E-state index contributed by atoms with van der Waals surface area (Å²) in [5.74, 6) is 0.884. The van der Waals surface area contributed by atoms with Gasteiger partial charge in [-0.25, -0.2) is 0 Å². The molecule has 0 atom stereocenters. The molecule has 1 rings (SSSR count). The monoisotopic (exact) mass is 219 g/mol. The van der Waals surface area contributed by atoms with Gasteiger partial charge in [-0.1, -0.05) is 51.9 Å². The van der Waals surface area contributed by atoms with Crippen LogP contribution in [0, 0.1) is 11.8 Å². The molecule has 0 fully saturated rings. The van der Waals surface area contributed by atoms with E-state index in [0.717, 1.165) is 12.0 Å². The average molecular weight is 219 g/mol. The Bertz CT molecular complexity index is 394. The van der Waals surface area contributed by atoms with E-state index in [9.17, 15) is 4.79 Å². The van der Waals surface area contributed by atoms with E-state index in [4.69, 9.17) is 1.37 Å². The molecule has 0 aliphatic rings. The van der Waals surface area contributed by atoms with Crippen LogP contribution in [0.3, 0.4) is 0 Å². The maximum atomic E-state index is 11.7. The van der Waals surface area contributed by atoms with Gasteiger partial charge < -0.3 is 0 Å². The molecular weight excluding hydrogens is 196 g/mol. The van der Waals surface area contributed by atoms with Crippen molar-refractivity contribution < 1.29 is 6.17 Å². The maximum Gasteiger partial charge on any atom is 0.139 e. The third kappa shape index (κ3) is 4.18. The third-order valence-corrected chi connectivity index (χ3v) is 2.57. The van der Waals surface area contributed by atoms with E-state index < -0.39 is 0 Å². The van der Waals surface area contributed by atoms with Crippen LogP contribution in [-0.2, 0) is 17.6 Å². The van der Waals surface area contributed by atoms with E-state index in [0.29, 0.717) is 18.4 Å². The van der Waals surface area contributed by atoms with Crippen LogP contribution < -0.4 is 0 Å².